The summed E-state index contributed by atoms with van der Waals surface area (Å²) < 4.78 is 0. The number of rotatable bonds is 4. The summed E-state index contributed by atoms with van der Waals surface area (Å²) in [6, 6.07) is 16.9. The zero-order valence-electron chi connectivity index (χ0n) is 12.0. The number of carbonyl (C=O) groups excluding carboxylic acids is 1. The normalized spacial score (nSPS) is 10.2. The number of hydrogen-bond donors (Lipinski definition) is 3. The Morgan fingerprint density at radius 3 is 2.27 bits per heavy atom. The van der Waals surface area contributed by atoms with E-state index in [1.807, 2.05) is 54.6 Å². The van der Waals surface area contributed by atoms with Gasteiger partial charge in [0.25, 0.3) is 0 Å². The van der Waals surface area contributed by atoms with Crippen LogP contribution in [0.3, 0.4) is 0 Å². The summed E-state index contributed by atoms with van der Waals surface area (Å²) in [4.78, 5) is 10.9. The van der Waals surface area contributed by atoms with Crippen LogP contribution in [0.15, 0.2) is 59.7 Å². The molecule has 0 saturated carbocycles. The van der Waals surface area contributed by atoms with Gasteiger partial charge in [-0.05, 0) is 42.0 Å². The summed E-state index contributed by atoms with van der Waals surface area (Å²) in [6.45, 7) is 1.47. The molecule has 0 aliphatic heterocycles. The minimum atomic E-state index is -0.0968. The molecule has 0 atom stereocenters. The number of hydrazone groups is 1. The van der Waals surface area contributed by atoms with Gasteiger partial charge in [0.2, 0.25) is 5.91 Å². The van der Waals surface area contributed by atoms with E-state index in [0.717, 1.165) is 16.9 Å². The average molecular weight is 312 g/mol. The monoisotopic (exact) mass is 312 g/mol. The fourth-order valence-electron chi connectivity index (χ4n) is 1.70. The molecule has 0 radical (unpaired) electrons. The smallest absolute Gasteiger partial charge is 0.221 e. The SMILES string of the molecule is CC(=O)Nc1ccc(/C=N/NC(=S)Nc2ccccc2)cc1. The molecule has 0 saturated heterocycles. The molecule has 3 N–H and O–H groups in total. The van der Waals surface area contributed by atoms with E-state index in [1.54, 1.807) is 6.21 Å². The van der Waals surface area contributed by atoms with Gasteiger partial charge in [0.1, 0.15) is 0 Å². The molecule has 0 aliphatic carbocycles. The molecule has 2 aromatic rings. The van der Waals surface area contributed by atoms with E-state index in [4.69, 9.17) is 12.2 Å². The molecular weight excluding hydrogens is 296 g/mol. The van der Waals surface area contributed by atoms with Gasteiger partial charge < -0.3 is 10.6 Å². The topological polar surface area (TPSA) is 65.5 Å². The van der Waals surface area contributed by atoms with E-state index in [1.165, 1.54) is 6.92 Å². The second kappa shape index (κ2) is 7.90. The second-order valence-corrected chi connectivity index (χ2v) is 4.90. The first-order chi connectivity index (χ1) is 10.6. The third-order valence-electron chi connectivity index (χ3n) is 2.64. The third-order valence-corrected chi connectivity index (χ3v) is 2.84. The molecular formula is C16H16N4OS. The van der Waals surface area contributed by atoms with E-state index >= 15 is 0 Å². The van der Waals surface area contributed by atoms with Crippen molar-refractivity contribution in [1.29, 1.82) is 0 Å². The molecule has 0 heterocycles. The molecule has 2 aromatic carbocycles. The molecule has 0 fully saturated rings. The number of nitrogens with one attached hydrogen (secondary N) is 3. The van der Waals surface area contributed by atoms with Crippen molar-refractivity contribution in [2.45, 2.75) is 6.92 Å². The van der Waals surface area contributed by atoms with Gasteiger partial charge in [0.15, 0.2) is 5.11 Å². The molecule has 5 nitrogen and oxygen atoms in total. The van der Waals surface area contributed by atoms with E-state index in [9.17, 15) is 4.79 Å². The lowest BCUT2D eigenvalue weighted by Crippen LogP contribution is -2.23. The van der Waals surface area contributed by atoms with Crippen molar-refractivity contribution in [3.63, 3.8) is 0 Å². The molecule has 0 unspecified atom stereocenters. The van der Waals surface area contributed by atoms with Crippen molar-refractivity contribution in [3.8, 4) is 0 Å². The van der Waals surface area contributed by atoms with Gasteiger partial charge in [0, 0.05) is 18.3 Å². The molecule has 1 amide bonds. The van der Waals surface area contributed by atoms with Crippen LogP contribution in [0, 0.1) is 0 Å². The number of nitrogens with zero attached hydrogens (tertiary/aromatic N) is 1. The highest BCUT2D eigenvalue weighted by Crippen LogP contribution is 2.08. The van der Waals surface area contributed by atoms with Crippen molar-refractivity contribution in [1.82, 2.24) is 5.43 Å². The Kier molecular flexibility index (Phi) is 5.62. The summed E-state index contributed by atoms with van der Waals surface area (Å²) >= 11 is 5.14. The lowest BCUT2D eigenvalue weighted by atomic mass is 10.2. The maximum Gasteiger partial charge on any atom is 0.221 e. The van der Waals surface area contributed by atoms with Crippen LogP contribution in [-0.2, 0) is 4.79 Å². The van der Waals surface area contributed by atoms with Crippen LogP contribution in [-0.4, -0.2) is 17.2 Å². The highest BCUT2D eigenvalue weighted by atomic mass is 32.1. The van der Waals surface area contributed by atoms with Gasteiger partial charge in [-0.15, -0.1) is 0 Å². The van der Waals surface area contributed by atoms with Crippen molar-refractivity contribution in [2.24, 2.45) is 5.10 Å². The molecule has 2 rings (SSSR count). The number of hydrogen-bond acceptors (Lipinski definition) is 3. The van der Waals surface area contributed by atoms with Crippen LogP contribution >= 0.6 is 12.2 Å². The lowest BCUT2D eigenvalue weighted by molar-refractivity contribution is -0.114. The number of thiocarbonyl (C=S) groups is 1. The highest BCUT2D eigenvalue weighted by Gasteiger charge is 1.96. The van der Waals surface area contributed by atoms with Crippen molar-refractivity contribution in [3.05, 3.63) is 60.2 Å². The maximum atomic E-state index is 10.9. The molecule has 0 aromatic heterocycles. The van der Waals surface area contributed by atoms with Gasteiger partial charge in [-0.1, -0.05) is 30.3 Å². The van der Waals surface area contributed by atoms with Crippen LogP contribution in [0.4, 0.5) is 11.4 Å². The molecule has 0 bridgehead atoms. The van der Waals surface area contributed by atoms with E-state index < -0.39 is 0 Å². The van der Waals surface area contributed by atoms with Gasteiger partial charge in [-0.25, -0.2) is 0 Å². The zero-order chi connectivity index (χ0) is 15.8. The molecule has 0 aliphatic rings. The molecule has 112 valence electrons. The second-order valence-electron chi connectivity index (χ2n) is 4.49. The third kappa shape index (κ3) is 5.34. The van der Waals surface area contributed by atoms with E-state index in [2.05, 4.69) is 21.2 Å². The average Bonchev–Trinajstić information content (AvgIpc) is 2.49. The van der Waals surface area contributed by atoms with Crippen LogP contribution < -0.4 is 16.1 Å². The first-order valence-corrected chi connectivity index (χ1v) is 7.07. The number of anilines is 2. The van der Waals surface area contributed by atoms with Crippen LogP contribution in [0.5, 0.6) is 0 Å². The molecule has 22 heavy (non-hydrogen) atoms. The Labute approximate surface area is 134 Å². The number of para-hydroxylation sites is 1. The number of amides is 1. The zero-order valence-corrected chi connectivity index (χ0v) is 12.9. The Morgan fingerprint density at radius 1 is 1.00 bits per heavy atom. The Hall–Kier alpha value is -2.73. The predicted octanol–water partition coefficient (Wildman–Crippen LogP) is 2.97. The van der Waals surface area contributed by atoms with Crippen molar-refractivity contribution in [2.75, 3.05) is 10.6 Å². The fourth-order valence-corrected chi connectivity index (χ4v) is 1.87. The standard InChI is InChI=1S/C16H16N4OS/c1-12(21)18-15-9-7-13(8-10-15)11-17-20-16(22)19-14-5-3-2-4-6-14/h2-11H,1H3,(H,18,21)(H2,19,20,22)/b17-11+. The summed E-state index contributed by atoms with van der Waals surface area (Å²) in [5.41, 5.74) is 5.29. The minimum absolute atomic E-state index is 0.0968. The van der Waals surface area contributed by atoms with E-state index in [0.29, 0.717) is 5.11 Å². The Morgan fingerprint density at radius 2 is 1.64 bits per heavy atom. The van der Waals surface area contributed by atoms with Gasteiger partial charge >= 0.3 is 0 Å². The first-order valence-electron chi connectivity index (χ1n) is 6.66. The Bertz CT molecular complexity index is 668. The van der Waals surface area contributed by atoms with Crippen LogP contribution in [0.2, 0.25) is 0 Å². The molecule has 0 spiro atoms. The maximum absolute atomic E-state index is 10.9. The van der Waals surface area contributed by atoms with Gasteiger partial charge in [0.05, 0.1) is 6.21 Å². The summed E-state index contributed by atoms with van der Waals surface area (Å²) in [5.74, 6) is -0.0968. The van der Waals surface area contributed by atoms with Crippen LogP contribution in [0.1, 0.15) is 12.5 Å². The van der Waals surface area contributed by atoms with Crippen molar-refractivity contribution >= 4 is 40.8 Å². The largest absolute Gasteiger partial charge is 0.331 e. The van der Waals surface area contributed by atoms with E-state index in [-0.39, 0.29) is 5.91 Å². The minimum Gasteiger partial charge on any atom is -0.331 e. The summed E-state index contributed by atoms with van der Waals surface area (Å²) in [7, 11) is 0. The van der Waals surface area contributed by atoms with Crippen LogP contribution in [0.25, 0.3) is 0 Å². The summed E-state index contributed by atoms with van der Waals surface area (Å²) in [6.07, 6.45) is 1.65. The number of carbonyl (C=O) groups is 1. The van der Waals surface area contributed by atoms with Gasteiger partial charge in [-0.3, -0.25) is 10.2 Å². The fraction of sp³-hybridized carbons (Fsp3) is 0.0625. The summed E-state index contributed by atoms with van der Waals surface area (Å²) in [5, 5.41) is 10.2. The predicted molar refractivity (Wildman–Crippen MR) is 94.1 cm³/mol. The number of benzene rings is 2. The quantitative estimate of drug-likeness (QED) is 0.461. The van der Waals surface area contributed by atoms with Crippen molar-refractivity contribution < 1.29 is 4.79 Å². The lowest BCUT2D eigenvalue weighted by Gasteiger charge is -2.06. The first kappa shape index (κ1) is 15.7. The highest BCUT2D eigenvalue weighted by molar-refractivity contribution is 7.80. The Balaban J connectivity index is 1.84. The van der Waals surface area contributed by atoms with Gasteiger partial charge in [-0.2, -0.15) is 5.10 Å². The molecule has 6 heteroatoms.